The summed E-state index contributed by atoms with van der Waals surface area (Å²) in [5.41, 5.74) is 5.82. The molecule has 0 aliphatic heterocycles. The molecule has 0 aromatic heterocycles. The van der Waals surface area contributed by atoms with Crippen molar-refractivity contribution < 1.29 is 15.0 Å². The van der Waals surface area contributed by atoms with Gasteiger partial charge in [0.15, 0.2) is 5.78 Å². The van der Waals surface area contributed by atoms with Gasteiger partial charge in [-0.15, -0.1) is 0 Å². The molecular weight excluding hydrogens is 516 g/mol. The Morgan fingerprint density at radius 2 is 0.762 bits per heavy atom. The lowest BCUT2D eigenvalue weighted by molar-refractivity contribution is -0.108. The summed E-state index contributed by atoms with van der Waals surface area (Å²) in [6.07, 6.45) is 0. The van der Waals surface area contributed by atoms with Crippen LogP contribution in [-0.2, 0) is 4.79 Å². The molecule has 0 saturated carbocycles. The zero-order valence-corrected chi connectivity index (χ0v) is 24.2. The first-order chi connectivity index (χ1) is 20.0. The molecule has 42 heavy (non-hydrogen) atoms. The van der Waals surface area contributed by atoms with E-state index in [2.05, 4.69) is 23.7 Å². The largest absolute Gasteiger partial charge is 0.378 e. The Bertz CT molecular complexity index is 1670. The highest BCUT2D eigenvalue weighted by Gasteiger charge is 2.35. The first-order valence-corrected chi connectivity index (χ1v) is 13.9. The first kappa shape index (κ1) is 28.6. The third kappa shape index (κ3) is 6.51. The highest BCUT2D eigenvalue weighted by molar-refractivity contribution is 6.59. The van der Waals surface area contributed by atoms with Crippen molar-refractivity contribution in [3.63, 3.8) is 0 Å². The maximum atomic E-state index is 14.4. The van der Waals surface area contributed by atoms with E-state index < -0.39 is 11.2 Å². The maximum absolute atomic E-state index is 14.4. The van der Waals surface area contributed by atoms with Crippen LogP contribution in [-0.4, -0.2) is 27.2 Å². The van der Waals surface area contributed by atoms with Gasteiger partial charge in [-0.2, -0.15) is 0 Å². The molecule has 5 rings (SSSR count). The molecule has 2 N–H and O–H groups in total. The van der Waals surface area contributed by atoms with Gasteiger partial charge >= 0.3 is 0 Å². The minimum absolute atomic E-state index is 0.0332. The van der Waals surface area contributed by atoms with E-state index in [0.29, 0.717) is 11.1 Å². The lowest BCUT2D eigenvalue weighted by atomic mass is 9.88. The zero-order chi connectivity index (χ0) is 29.9. The highest BCUT2D eigenvalue weighted by Crippen LogP contribution is 2.49. The average Bonchev–Trinajstić information content (AvgIpc) is 3.28. The van der Waals surface area contributed by atoms with Crippen molar-refractivity contribution in [3.8, 4) is 23.7 Å². The van der Waals surface area contributed by atoms with Gasteiger partial charge in [0, 0.05) is 33.4 Å². The Morgan fingerprint density at radius 1 is 0.452 bits per heavy atom. The van der Waals surface area contributed by atoms with Crippen LogP contribution in [0.2, 0.25) is 0 Å². The number of Topliss-reactive ketones (excluding diaryl/α,β-unsaturated/α-hetero) is 1. The van der Waals surface area contributed by atoms with Gasteiger partial charge in [-0.05, 0) is 74.2 Å². The predicted molar refractivity (Wildman–Crippen MR) is 171 cm³/mol. The Morgan fingerprint density at radius 3 is 1.07 bits per heavy atom. The molecule has 0 unspecified atom stereocenters. The van der Waals surface area contributed by atoms with E-state index in [9.17, 15) is 15.0 Å². The maximum Gasteiger partial charge on any atom is 0.195 e. The number of allylic oxidation sites excluding steroid dienone is 4. The molecule has 0 amide bonds. The fourth-order valence-corrected chi connectivity index (χ4v) is 4.83. The van der Waals surface area contributed by atoms with Gasteiger partial charge in [0.1, 0.15) is 11.2 Å². The van der Waals surface area contributed by atoms with Gasteiger partial charge in [-0.25, -0.2) is 0 Å². The molecule has 0 spiro atoms. The third-order valence-electron chi connectivity index (χ3n) is 6.70. The molecule has 0 fully saturated rings. The van der Waals surface area contributed by atoms with E-state index in [1.807, 2.05) is 109 Å². The molecule has 0 atom stereocenters. The van der Waals surface area contributed by atoms with Gasteiger partial charge in [0.2, 0.25) is 0 Å². The standard InChI is InChI=1S/C39H32O3/c1-38(2,41)25-23-27-15-19-31(20-16-27)33-34(32-21-17-28(18-22-32)24-26-39(3,4)42)36(30-13-9-6-10-14-30)37(40)35(33)29-11-7-5-8-12-29/h5-22,41-42H,1-4H3. The van der Waals surface area contributed by atoms with Crippen LogP contribution in [0, 0.1) is 23.7 Å². The van der Waals surface area contributed by atoms with Crippen LogP contribution >= 0.6 is 0 Å². The first-order valence-electron chi connectivity index (χ1n) is 13.9. The van der Waals surface area contributed by atoms with E-state index >= 15 is 0 Å². The minimum Gasteiger partial charge on any atom is -0.378 e. The SMILES string of the molecule is CC(C)(O)C#Cc1ccc(C2=C(c3ccccc3)C(=O)C(c3ccccc3)=C2c2ccc(C#CC(C)(C)O)cc2)cc1. The molecule has 206 valence electrons. The normalized spacial score (nSPS) is 13.4. The number of rotatable bonds is 4. The second-order valence-corrected chi connectivity index (χ2v) is 11.3. The Hall–Kier alpha value is -4.93. The minimum atomic E-state index is -1.09. The van der Waals surface area contributed by atoms with Crippen molar-refractivity contribution in [2.24, 2.45) is 0 Å². The molecule has 1 aliphatic carbocycles. The van der Waals surface area contributed by atoms with Crippen LogP contribution < -0.4 is 0 Å². The molecule has 0 radical (unpaired) electrons. The van der Waals surface area contributed by atoms with E-state index in [0.717, 1.165) is 44.5 Å². The fraction of sp³-hybridized carbons (Fsp3) is 0.154. The molecule has 3 heteroatoms. The summed E-state index contributed by atoms with van der Waals surface area (Å²) in [7, 11) is 0. The van der Waals surface area contributed by atoms with E-state index in [4.69, 9.17) is 0 Å². The molecular formula is C39H32O3. The van der Waals surface area contributed by atoms with Crippen LogP contribution in [0.15, 0.2) is 109 Å². The Kier molecular flexibility index (Phi) is 7.84. The summed E-state index contributed by atoms with van der Waals surface area (Å²) in [5.74, 6) is 11.8. The van der Waals surface area contributed by atoms with Gasteiger partial charge in [0.25, 0.3) is 0 Å². The number of carbonyl (C=O) groups is 1. The van der Waals surface area contributed by atoms with Crippen molar-refractivity contribution in [3.05, 3.63) is 143 Å². The quantitative estimate of drug-likeness (QED) is 0.269. The monoisotopic (exact) mass is 548 g/mol. The van der Waals surface area contributed by atoms with Gasteiger partial charge < -0.3 is 10.2 Å². The number of hydrogen-bond acceptors (Lipinski definition) is 3. The molecule has 0 saturated heterocycles. The summed E-state index contributed by atoms with van der Waals surface area (Å²) in [4.78, 5) is 14.4. The fourth-order valence-electron chi connectivity index (χ4n) is 4.83. The second kappa shape index (κ2) is 11.5. The lowest BCUT2D eigenvalue weighted by Crippen LogP contribution is -2.14. The van der Waals surface area contributed by atoms with Crippen LogP contribution in [0.25, 0.3) is 22.3 Å². The van der Waals surface area contributed by atoms with Crippen LogP contribution in [0.3, 0.4) is 0 Å². The molecule has 4 aromatic rings. The van der Waals surface area contributed by atoms with Gasteiger partial charge in [0.05, 0.1) is 0 Å². The van der Waals surface area contributed by atoms with Gasteiger partial charge in [-0.3, -0.25) is 4.79 Å². The van der Waals surface area contributed by atoms with E-state index in [1.165, 1.54) is 0 Å². The highest BCUT2D eigenvalue weighted by atomic mass is 16.3. The van der Waals surface area contributed by atoms with Crippen LogP contribution in [0.1, 0.15) is 61.1 Å². The van der Waals surface area contributed by atoms with Gasteiger partial charge in [-0.1, -0.05) is 109 Å². The summed E-state index contributed by atoms with van der Waals surface area (Å²) in [6, 6.07) is 35.1. The Balaban J connectivity index is 1.74. The number of aliphatic hydroxyl groups is 2. The summed E-state index contributed by atoms with van der Waals surface area (Å²) in [6.45, 7) is 6.61. The number of hydrogen-bond donors (Lipinski definition) is 2. The van der Waals surface area contributed by atoms with Crippen molar-refractivity contribution in [2.45, 2.75) is 38.9 Å². The second-order valence-electron chi connectivity index (χ2n) is 11.3. The molecule has 4 aromatic carbocycles. The van der Waals surface area contributed by atoms with Crippen molar-refractivity contribution in [2.75, 3.05) is 0 Å². The van der Waals surface area contributed by atoms with Crippen molar-refractivity contribution in [1.82, 2.24) is 0 Å². The predicted octanol–water partition coefficient (Wildman–Crippen LogP) is 7.04. The zero-order valence-electron chi connectivity index (χ0n) is 24.2. The summed E-state index contributed by atoms with van der Waals surface area (Å²) in [5, 5.41) is 20.1. The Labute approximate surface area is 247 Å². The van der Waals surface area contributed by atoms with E-state index in [1.54, 1.807) is 27.7 Å². The smallest absolute Gasteiger partial charge is 0.195 e. The molecule has 0 heterocycles. The molecule has 1 aliphatic rings. The van der Waals surface area contributed by atoms with Crippen molar-refractivity contribution in [1.29, 1.82) is 0 Å². The van der Waals surface area contributed by atoms with Crippen LogP contribution in [0.5, 0.6) is 0 Å². The van der Waals surface area contributed by atoms with E-state index in [-0.39, 0.29) is 5.78 Å². The summed E-state index contributed by atoms with van der Waals surface area (Å²) < 4.78 is 0. The summed E-state index contributed by atoms with van der Waals surface area (Å²) >= 11 is 0. The molecule has 3 nitrogen and oxygen atoms in total. The lowest BCUT2D eigenvalue weighted by Gasteiger charge is -2.14. The topological polar surface area (TPSA) is 57.5 Å². The molecule has 0 bridgehead atoms. The van der Waals surface area contributed by atoms with Crippen LogP contribution in [0.4, 0.5) is 0 Å². The third-order valence-corrected chi connectivity index (χ3v) is 6.70. The number of benzene rings is 4. The average molecular weight is 549 g/mol. The number of carbonyl (C=O) groups excluding carboxylic acids is 1. The van der Waals surface area contributed by atoms with Crippen molar-refractivity contribution >= 4 is 28.1 Å². The number of ketones is 1.